The van der Waals surface area contributed by atoms with E-state index >= 15 is 0 Å². The first-order valence-corrected chi connectivity index (χ1v) is 5.37. The number of allylic oxidation sites excluding steroid dienone is 1. The molecule has 2 rings (SSSR count). The van der Waals surface area contributed by atoms with E-state index in [9.17, 15) is 4.79 Å². The van der Waals surface area contributed by atoms with Crippen LogP contribution in [0.3, 0.4) is 0 Å². The van der Waals surface area contributed by atoms with E-state index in [1.54, 1.807) is 19.3 Å². The molecule has 0 bridgehead atoms. The topological polar surface area (TPSA) is 50.4 Å². The van der Waals surface area contributed by atoms with E-state index in [1.807, 2.05) is 30.3 Å². The molecule has 4 nitrogen and oxygen atoms in total. The molecule has 0 radical (unpaired) electrons. The van der Waals surface area contributed by atoms with Crippen molar-refractivity contribution in [1.82, 2.24) is 10.8 Å². The zero-order chi connectivity index (χ0) is 12.1. The Kier molecular flexibility index (Phi) is 3.45. The summed E-state index contributed by atoms with van der Waals surface area (Å²) >= 11 is 0. The first-order chi connectivity index (χ1) is 8.33. The van der Waals surface area contributed by atoms with Crippen LogP contribution < -0.4 is 10.8 Å². The SMILES string of the molecule is CNC(=O)C(C1=CNOC=C1)c1ccccc1. The van der Waals surface area contributed by atoms with E-state index in [2.05, 4.69) is 10.8 Å². The van der Waals surface area contributed by atoms with Gasteiger partial charge in [-0.25, -0.2) is 5.48 Å². The molecule has 1 unspecified atom stereocenters. The molecule has 0 saturated carbocycles. The molecule has 1 amide bonds. The zero-order valence-electron chi connectivity index (χ0n) is 9.51. The van der Waals surface area contributed by atoms with Gasteiger partial charge in [0, 0.05) is 13.2 Å². The molecule has 1 aromatic carbocycles. The first kappa shape index (κ1) is 11.3. The highest BCUT2D eigenvalue weighted by atomic mass is 16.6. The molecule has 0 aliphatic carbocycles. The molecular weight excluding hydrogens is 216 g/mol. The quantitative estimate of drug-likeness (QED) is 0.826. The van der Waals surface area contributed by atoms with Crippen LogP contribution in [0.5, 0.6) is 0 Å². The Labute approximate surface area is 99.9 Å². The number of likely N-dealkylation sites (N-methyl/N-ethyl adjacent to an activating group) is 1. The van der Waals surface area contributed by atoms with Gasteiger partial charge in [-0.2, -0.15) is 0 Å². The predicted molar refractivity (Wildman–Crippen MR) is 64.7 cm³/mol. The highest BCUT2D eigenvalue weighted by Gasteiger charge is 2.23. The van der Waals surface area contributed by atoms with Gasteiger partial charge in [0.2, 0.25) is 5.91 Å². The lowest BCUT2D eigenvalue weighted by Crippen LogP contribution is -2.28. The summed E-state index contributed by atoms with van der Waals surface area (Å²) in [6.07, 6.45) is 4.99. The minimum atomic E-state index is -0.325. The molecule has 1 heterocycles. The highest BCUT2D eigenvalue weighted by molar-refractivity contribution is 5.87. The first-order valence-electron chi connectivity index (χ1n) is 5.37. The van der Waals surface area contributed by atoms with Crippen molar-refractivity contribution in [3.63, 3.8) is 0 Å². The van der Waals surface area contributed by atoms with Crippen LogP contribution in [0.2, 0.25) is 0 Å². The summed E-state index contributed by atoms with van der Waals surface area (Å²) in [6.45, 7) is 0. The van der Waals surface area contributed by atoms with Crippen molar-refractivity contribution in [1.29, 1.82) is 0 Å². The van der Waals surface area contributed by atoms with Gasteiger partial charge < -0.3 is 10.2 Å². The lowest BCUT2D eigenvalue weighted by atomic mass is 9.90. The monoisotopic (exact) mass is 230 g/mol. The van der Waals surface area contributed by atoms with Crippen molar-refractivity contribution >= 4 is 5.91 Å². The summed E-state index contributed by atoms with van der Waals surface area (Å²) in [5.41, 5.74) is 4.45. The number of carbonyl (C=O) groups excluding carboxylic acids is 1. The number of nitrogens with one attached hydrogen (secondary N) is 2. The molecule has 0 aromatic heterocycles. The van der Waals surface area contributed by atoms with E-state index in [1.165, 1.54) is 6.26 Å². The van der Waals surface area contributed by atoms with Crippen LogP contribution in [0.1, 0.15) is 11.5 Å². The maximum atomic E-state index is 12.0. The molecule has 0 saturated heterocycles. The summed E-state index contributed by atoms with van der Waals surface area (Å²) in [5, 5.41) is 2.68. The summed E-state index contributed by atoms with van der Waals surface area (Å²) in [4.78, 5) is 16.8. The molecule has 1 aromatic rings. The van der Waals surface area contributed by atoms with E-state index in [-0.39, 0.29) is 11.8 Å². The number of benzene rings is 1. The molecule has 0 spiro atoms. The Morgan fingerprint density at radius 1 is 1.35 bits per heavy atom. The zero-order valence-corrected chi connectivity index (χ0v) is 9.51. The number of hydrogen-bond acceptors (Lipinski definition) is 3. The summed E-state index contributed by atoms with van der Waals surface area (Å²) < 4.78 is 0. The molecule has 88 valence electrons. The molecule has 4 heteroatoms. The molecule has 17 heavy (non-hydrogen) atoms. The lowest BCUT2D eigenvalue weighted by Gasteiger charge is -2.19. The van der Waals surface area contributed by atoms with Gasteiger partial charge in [-0.3, -0.25) is 4.79 Å². The second-order valence-corrected chi connectivity index (χ2v) is 3.64. The Bertz CT molecular complexity index is 452. The molecule has 1 atom stereocenters. The van der Waals surface area contributed by atoms with Gasteiger partial charge >= 0.3 is 0 Å². The van der Waals surface area contributed by atoms with Crippen molar-refractivity contribution in [2.24, 2.45) is 0 Å². The molecular formula is C13H14N2O2. The Morgan fingerprint density at radius 3 is 2.71 bits per heavy atom. The Balaban J connectivity index is 2.35. The third kappa shape index (κ3) is 2.47. The number of carbonyl (C=O) groups is 1. The number of hydroxylamine groups is 1. The van der Waals surface area contributed by atoms with Crippen molar-refractivity contribution < 1.29 is 9.63 Å². The second kappa shape index (κ2) is 5.21. The van der Waals surface area contributed by atoms with Crippen LogP contribution in [0.15, 0.2) is 54.4 Å². The van der Waals surface area contributed by atoms with Crippen molar-refractivity contribution in [3.05, 3.63) is 60.0 Å². The number of hydrogen-bond donors (Lipinski definition) is 2. The van der Waals surface area contributed by atoms with E-state index in [0.717, 1.165) is 11.1 Å². The van der Waals surface area contributed by atoms with Crippen LogP contribution in [0.25, 0.3) is 0 Å². The van der Waals surface area contributed by atoms with Crippen LogP contribution in [-0.2, 0) is 9.63 Å². The minimum Gasteiger partial charge on any atom is -0.391 e. The maximum absolute atomic E-state index is 12.0. The molecule has 1 aliphatic rings. The average molecular weight is 230 g/mol. The fourth-order valence-corrected chi connectivity index (χ4v) is 1.77. The van der Waals surface area contributed by atoms with Crippen molar-refractivity contribution in [2.45, 2.75) is 5.92 Å². The van der Waals surface area contributed by atoms with Crippen LogP contribution >= 0.6 is 0 Å². The van der Waals surface area contributed by atoms with Crippen LogP contribution in [0.4, 0.5) is 0 Å². The number of rotatable bonds is 3. The van der Waals surface area contributed by atoms with E-state index in [4.69, 9.17) is 4.84 Å². The third-order valence-corrected chi connectivity index (χ3v) is 2.60. The highest BCUT2D eigenvalue weighted by Crippen LogP contribution is 2.26. The van der Waals surface area contributed by atoms with Crippen LogP contribution in [-0.4, -0.2) is 13.0 Å². The molecule has 2 N–H and O–H groups in total. The maximum Gasteiger partial charge on any atom is 0.231 e. The van der Waals surface area contributed by atoms with E-state index in [0.29, 0.717) is 0 Å². The van der Waals surface area contributed by atoms with Gasteiger partial charge in [0.25, 0.3) is 0 Å². The molecule has 1 aliphatic heterocycles. The summed E-state index contributed by atoms with van der Waals surface area (Å²) in [6, 6.07) is 9.63. The normalized spacial score (nSPS) is 15.2. The van der Waals surface area contributed by atoms with Gasteiger partial charge in [-0.15, -0.1) is 0 Å². The molecule has 0 fully saturated rings. The fourth-order valence-electron chi connectivity index (χ4n) is 1.77. The fraction of sp³-hybridized carbons (Fsp3) is 0.154. The second-order valence-electron chi connectivity index (χ2n) is 3.64. The standard InChI is InChI=1S/C13H14N2O2/c1-14-13(16)12(10-5-3-2-4-6-10)11-7-8-17-15-9-11/h2-9,12,15H,1H3,(H,14,16). The average Bonchev–Trinajstić information content (AvgIpc) is 2.41. The van der Waals surface area contributed by atoms with Gasteiger partial charge in [0.1, 0.15) is 6.26 Å². The van der Waals surface area contributed by atoms with Gasteiger partial charge in [0.05, 0.1) is 5.92 Å². The van der Waals surface area contributed by atoms with Crippen molar-refractivity contribution in [2.75, 3.05) is 7.05 Å². The largest absolute Gasteiger partial charge is 0.391 e. The number of amides is 1. The third-order valence-electron chi connectivity index (χ3n) is 2.60. The van der Waals surface area contributed by atoms with Crippen molar-refractivity contribution in [3.8, 4) is 0 Å². The summed E-state index contributed by atoms with van der Waals surface area (Å²) in [7, 11) is 1.63. The summed E-state index contributed by atoms with van der Waals surface area (Å²) in [5.74, 6) is -0.371. The Morgan fingerprint density at radius 2 is 2.12 bits per heavy atom. The smallest absolute Gasteiger partial charge is 0.231 e. The lowest BCUT2D eigenvalue weighted by molar-refractivity contribution is -0.121. The van der Waals surface area contributed by atoms with Crippen LogP contribution in [0, 0.1) is 0 Å². The van der Waals surface area contributed by atoms with Gasteiger partial charge in [-0.05, 0) is 17.2 Å². The van der Waals surface area contributed by atoms with E-state index < -0.39 is 0 Å². The van der Waals surface area contributed by atoms with Gasteiger partial charge in [-0.1, -0.05) is 30.3 Å². The predicted octanol–water partition coefficient (Wildman–Crippen LogP) is 1.45. The minimum absolute atomic E-state index is 0.0456. The Hall–Kier alpha value is -2.23. The van der Waals surface area contributed by atoms with Gasteiger partial charge in [0.15, 0.2) is 0 Å².